The molecule has 4 N–H and O–H groups in total. The Morgan fingerprint density at radius 1 is 1.40 bits per heavy atom. The van der Waals surface area contributed by atoms with Crippen LogP contribution in [0.25, 0.3) is 0 Å². The van der Waals surface area contributed by atoms with Gasteiger partial charge < -0.3 is 15.8 Å². The van der Waals surface area contributed by atoms with Gasteiger partial charge in [0.2, 0.25) is 0 Å². The minimum atomic E-state index is -0.0323. The Morgan fingerprint density at radius 2 is 2.10 bits per heavy atom. The van der Waals surface area contributed by atoms with Gasteiger partial charge in [-0.05, 0) is 26.8 Å². The van der Waals surface area contributed by atoms with Crippen LogP contribution in [0.5, 0.6) is 5.75 Å². The third-order valence-corrected chi connectivity index (χ3v) is 2.63. The second kappa shape index (κ2) is 8.32. The molecule has 0 saturated heterocycles. The monoisotopic (exact) mass is 276 g/mol. The standard InChI is InChI=1S/C15H24N4O/c1-11(2)18-10-15(17)19-12(3)13-6-4-5-7-14(13)20-9-8-16/h4-7,10-12H,8-9,16H2,1-3H3,(H2,17,19)/b18-10-. The molecule has 1 aromatic rings. The fourth-order valence-corrected chi connectivity index (χ4v) is 1.71. The Hall–Kier alpha value is -1.88. The Kier molecular flexibility index (Phi) is 6.73. The Labute approximate surface area is 120 Å². The lowest BCUT2D eigenvalue weighted by atomic mass is 10.1. The molecule has 5 heteroatoms. The lowest BCUT2D eigenvalue weighted by Crippen LogP contribution is -2.27. The molecule has 0 spiro atoms. The van der Waals surface area contributed by atoms with Gasteiger partial charge in [-0.2, -0.15) is 0 Å². The van der Waals surface area contributed by atoms with Gasteiger partial charge in [-0.15, -0.1) is 0 Å². The molecule has 20 heavy (non-hydrogen) atoms. The average molecular weight is 276 g/mol. The first-order chi connectivity index (χ1) is 9.54. The molecule has 0 saturated carbocycles. The summed E-state index contributed by atoms with van der Waals surface area (Å²) in [5.74, 6) is 1.09. The predicted molar refractivity (Wildman–Crippen MR) is 83.9 cm³/mol. The van der Waals surface area contributed by atoms with E-state index in [-0.39, 0.29) is 12.1 Å². The van der Waals surface area contributed by atoms with Crippen LogP contribution in [-0.2, 0) is 0 Å². The van der Waals surface area contributed by atoms with Gasteiger partial charge in [0.25, 0.3) is 0 Å². The SMILES string of the molecule is CC(C)/N=C\C(=N)NC(C)c1ccccc1OCCN. The molecular formula is C15H24N4O. The summed E-state index contributed by atoms with van der Waals surface area (Å²) in [4.78, 5) is 4.18. The number of ether oxygens (including phenoxy) is 1. The second-order valence-corrected chi connectivity index (χ2v) is 4.83. The average Bonchev–Trinajstić information content (AvgIpc) is 2.43. The number of para-hydroxylation sites is 1. The highest BCUT2D eigenvalue weighted by atomic mass is 16.5. The van der Waals surface area contributed by atoms with Gasteiger partial charge in [0.15, 0.2) is 0 Å². The summed E-state index contributed by atoms with van der Waals surface area (Å²) < 4.78 is 5.62. The van der Waals surface area contributed by atoms with Gasteiger partial charge in [-0.25, -0.2) is 0 Å². The molecule has 1 unspecified atom stereocenters. The van der Waals surface area contributed by atoms with E-state index in [4.69, 9.17) is 15.9 Å². The molecule has 0 aliphatic heterocycles. The van der Waals surface area contributed by atoms with E-state index in [0.29, 0.717) is 19.0 Å². The van der Waals surface area contributed by atoms with Gasteiger partial charge >= 0.3 is 0 Å². The Balaban J connectivity index is 2.71. The number of amidine groups is 1. The van der Waals surface area contributed by atoms with Crippen LogP contribution in [0.2, 0.25) is 0 Å². The van der Waals surface area contributed by atoms with Gasteiger partial charge in [-0.1, -0.05) is 18.2 Å². The lowest BCUT2D eigenvalue weighted by molar-refractivity contribution is 0.322. The molecule has 0 radical (unpaired) electrons. The third-order valence-electron chi connectivity index (χ3n) is 2.63. The normalized spacial score (nSPS) is 12.7. The number of nitrogens with two attached hydrogens (primary N) is 1. The number of nitrogens with zero attached hydrogens (tertiary/aromatic N) is 1. The fourth-order valence-electron chi connectivity index (χ4n) is 1.71. The number of nitrogens with one attached hydrogen (secondary N) is 2. The largest absolute Gasteiger partial charge is 0.492 e. The number of rotatable bonds is 7. The van der Waals surface area contributed by atoms with Gasteiger partial charge in [0.05, 0.1) is 12.3 Å². The zero-order chi connectivity index (χ0) is 15.0. The van der Waals surface area contributed by atoms with Crippen molar-refractivity contribution in [2.45, 2.75) is 32.9 Å². The topological polar surface area (TPSA) is 83.5 Å². The van der Waals surface area contributed by atoms with E-state index in [2.05, 4.69) is 10.3 Å². The second-order valence-electron chi connectivity index (χ2n) is 4.83. The predicted octanol–water partition coefficient (Wildman–Crippen LogP) is 2.13. The van der Waals surface area contributed by atoms with E-state index >= 15 is 0 Å². The molecule has 0 fully saturated rings. The quantitative estimate of drug-likeness (QED) is 0.527. The minimum Gasteiger partial charge on any atom is -0.492 e. The molecule has 1 aromatic carbocycles. The van der Waals surface area contributed by atoms with Crippen LogP contribution in [0.3, 0.4) is 0 Å². The maximum absolute atomic E-state index is 7.85. The molecule has 0 aliphatic carbocycles. The van der Waals surface area contributed by atoms with Crippen molar-refractivity contribution in [2.75, 3.05) is 13.2 Å². The summed E-state index contributed by atoms with van der Waals surface area (Å²) in [6.45, 7) is 6.90. The van der Waals surface area contributed by atoms with Crippen LogP contribution >= 0.6 is 0 Å². The van der Waals surface area contributed by atoms with E-state index in [1.807, 2.05) is 45.0 Å². The van der Waals surface area contributed by atoms with Crippen molar-refractivity contribution in [1.29, 1.82) is 5.41 Å². The molecule has 0 amide bonds. The van der Waals surface area contributed by atoms with Crippen molar-refractivity contribution in [3.8, 4) is 5.75 Å². The summed E-state index contributed by atoms with van der Waals surface area (Å²) in [7, 11) is 0. The highest BCUT2D eigenvalue weighted by molar-refractivity contribution is 6.27. The first-order valence-electron chi connectivity index (χ1n) is 6.84. The first-order valence-corrected chi connectivity index (χ1v) is 6.84. The molecule has 0 heterocycles. The van der Waals surface area contributed by atoms with E-state index < -0.39 is 0 Å². The zero-order valence-electron chi connectivity index (χ0n) is 12.4. The van der Waals surface area contributed by atoms with Gasteiger partial charge in [0.1, 0.15) is 18.2 Å². The summed E-state index contributed by atoms with van der Waals surface area (Å²) in [5, 5.41) is 10.9. The molecule has 110 valence electrons. The zero-order valence-corrected chi connectivity index (χ0v) is 12.4. The molecule has 0 bridgehead atoms. The maximum Gasteiger partial charge on any atom is 0.136 e. The summed E-state index contributed by atoms with van der Waals surface area (Å²) in [6.07, 6.45) is 1.55. The summed E-state index contributed by atoms with van der Waals surface area (Å²) in [5.41, 5.74) is 6.46. The molecule has 5 nitrogen and oxygen atoms in total. The van der Waals surface area contributed by atoms with Crippen LogP contribution in [0.15, 0.2) is 29.3 Å². The number of hydrogen-bond acceptors (Lipinski definition) is 4. The highest BCUT2D eigenvalue weighted by Gasteiger charge is 2.11. The van der Waals surface area contributed by atoms with Crippen LogP contribution in [0, 0.1) is 5.41 Å². The Morgan fingerprint density at radius 3 is 2.75 bits per heavy atom. The van der Waals surface area contributed by atoms with Crippen molar-refractivity contribution >= 4 is 12.1 Å². The lowest BCUT2D eigenvalue weighted by Gasteiger charge is -2.18. The van der Waals surface area contributed by atoms with Crippen LogP contribution in [0.4, 0.5) is 0 Å². The van der Waals surface area contributed by atoms with E-state index in [0.717, 1.165) is 11.3 Å². The van der Waals surface area contributed by atoms with E-state index in [9.17, 15) is 0 Å². The minimum absolute atomic E-state index is 0.0323. The summed E-state index contributed by atoms with van der Waals surface area (Å²) >= 11 is 0. The molecule has 1 atom stereocenters. The third kappa shape index (κ3) is 5.40. The van der Waals surface area contributed by atoms with Crippen molar-refractivity contribution in [3.05, 3.63) is 29.8 Å². The first kappa shape index (κ1) is 16.2. The molecule has 1 rings (SSSR count). The van der Waals surface area contributed by atoms with Crippen molar-refractivity contribution < 1.29 is 4.74 Å². The van der Waals surface area contributed by atoms with Crippen molar-refractivity contribution in [2.24, 2.45) is 10.7 Å². The van der Waals surface area contributed by atoms with Crippen molar-refractivity contribution in [3.63, 3.8) is 0 Å². The smallest absolute Gasteiger partial charge is 0.136 e. The molecule has 0 aromatic heterocycles. The Bertz CT molecular complexity index is 457. The van der Waals surface area contributed by atoms with Gasteiger partial charge in [0, 0.05) is 18.2 Å². The number of benzene rings is 1. The summed E-state index contributed by atoms with van der Waals surface area (Å²) in [6, 6.07) is 7.93. The number of aliphatic imine (C=N–C) groups is 1. The number of hydrogen-bond donors (Lipinski definition) is 3. The fraction of sp³-hybridized carbons (Fsp3) is 0.467. The maximum atomic E-state index is 7.85. The van der Waals surface area contributed by atoms with Crippen LogP contribution in [-0.4, -0.2) is 31.2 Å². The van der Waals surface area contributed by atoms with E-state index in [1.165, 1.54) is 0 Å². The molecule has 0 aliphatic rings. The van der Waals surface area contributed by atoms with Crippen molar-refractivity contribution in [1.82, 2.24) is 5.32 Å². The van der Waals surface area contributed by atoms with Crippen LogP contribution < -0.4 is 15.8 Å². The highest BCUT2D eigenvalue weighted by Crippen LogP contribution is 2.24. The van der Waals surface area contributed by atoms with Gasteiger partial charge in [-0.3, -0.25) is 10.4 Å². The van der Waals surface area contributed by atoms with E-state index in [1.54, 1.807) is 6.21 Å². The molecular weight excluding hydrogens is 252 g/mol. The van der Waals surface area contributed by atoms with Crippen LogP contribution in [0.1, 0.15) is 32.4 Å².